The number of carbonyl (C=O) groups excluding carboxylic acids is 1. The van der Waals surface area contributed by atoms with Gasteiger partial charge in [-0.15, -0.1) is 0 Å². The minimum absolute atomic E-state index is 0.186. The Morgan fingerprint density at radius 1 is 1.20 bits per heavy atom. The molecule has 5 nitrogen and oxygen atoms in total. The van der Waals surface area contributed by atoms with Crippen LogP contribution in [-0.4, -0.2) is 28.3 Å². The van der Waals surface area contributed by atoms with Gasteiger partial charge in [-0.1, -0.05) is 25.7 Å². The first kappa shape index (κ1) is 13.6. The van der Waals surface area contributed by atoms with Crippen LogP contribution in [0.15, 0.2) is 0 Å². The molecule has 20 heavy (non-hydrogen) atoms. The van der Waals surface area contributed by atoms with Crippen LogP contribution in [0.25, 0.3) is 0 Å². The molecule has 110 valence electrons. The Labute approximate surface area is 119 Å². The van der Waals surface area contributed by atoms with Crippen molar-refractivity contribution in [1.29, 1.82) is 0 Å². The van der Waals surface area contributed by atoms with Crippen molar-refractivity contribution in [2.75, 3.05) is 7.11 Å². The van der Waals surface area contributed by atoms with Crippen molar-refractivity contribution >= 4 is 5.97 Å². The number of ether oxygens (including phenoxy) is 1. The molecule has 1 aromatic heterocycles. The maximum Gasteiger partial charge on any atom is 0.316 e. The summed E-state index contributed by atoms with van der Waals surface area (Å²) in [6, 6.07) is 0. The van der Waals surface area contributed by atoms with Crippen LogP contribution < -0.4 is 0 Å². The largest absolute Gasteiger partial charge is 0.468 e. The second-order valence-electron chi connectivity index (χ2n) is 6.11. The maximum atomic E-state index is 12.1. The lowest BCUT2D eigenvalue weighted by molar-refractivity contribution is -0.144. The third-order valence-corrected chi connectivity index (χ3v) is 4.87. The summed E-state index contributed by atoms with van der Waals surface area (Å²) in [5, 5.41) is 7.40. The molecule has 2 aliphatic rings. The zero-order valence-corrected chi connectivity index (χ0v) is 12.1. The Kier molecular flexibility index (Phi) is 4.03. The van der Waals surface area contributed by atoms with Gasteiger partial charge in [0.1, 0.15) is 11.7 Å². The molecule has 5 heteroatoms. The van der Waals surface area contributed by atoms with Crippen molar-refractivity contribution in [3.05, 3.63) is 11.6 Å². The van der Waals surface area contributed by atoms with Gasteiger partial charge in [-0.3, -0.25) is 9.89 Å². The molecule has 1 aromatic rings. The molecule has 0 bridgehead atoms. The van der Waals surface area contributed by atoms with E-state index in [4.69, 9.17) is 4.74 Å². The SMILES string of the molecule is COC(=O)C(c1n[nH]c(C2CCCC2)n1)C1CCCC1. The van der Waals surface area contributed by atoms with E-state index in [0.29, 0.717) is 17.7 Å². The second kappa shape index (κ2) is 5.94. The number of nitrogens with zero attached hydrogens (tertiary/aromatic N) is 2. The smallest absolute Gasteiger partial charge is 0.316 e. The zero-order chi connectivity index (χ0) is 13.9. The second-order valence-corrected chi connectivity index (χ2v) is 6.11. The van der Waals surface area contributed by atoms with Gasteiger partial charge in [0.15, 0.2) is 5.82 Å². The van der Waals surface area contributed by atoms with E-state index in [0.717, 1.165) is 18.7 Å². The summed E-state index contributed by atoms with van der Waals surface area (Å²) in [5.41, 5.74) is 0. The van der Waals surface area contributed by atoms with E-state index >= 15 is 0 Å². The maximum absolute atomic E-state index is 12.1. The molecule has 0 spiro atoms. The van der Waals surface area contributed by atoms with Gasteiger partial charge in [-0.2, -0.15) is 5.10 Å². The Morgan fingerprint density at radius 3 is 2.50 bits per heavy atom. The Balaban J connectivity index is 1.81. The van der Waals surface area contributed by atoms with Gasteiger partial charge < -0.3 is 4.74 Å². The quantitative estimate of drug-likeness (QED) is 0.859. The summed E-state index contributed by atoms with van der Waals surface area (Å²) in [6.45, 7) is 0. The summed E-state index contributed by atoms with van der Waals surface area (Å²) in [6.07, 6.45) is 9.44. The standard InChI is InChI=1S/C15H23N3O2/c1-20-15(19)12(10-6-2-3-7-10)14-16-13(17-18-14)11-8-4-5-9-11/h10-12H,2-9H2,1H3,(H,16,17,18). The van der Waals surface area contributed by atoms with Gasteiger partial charge in [0, 0.05) is 5.92 Å². The van der Waals surface area contributed by atoms with Crippen molar-refractivity contribution < 1.29 is 9.53 Å². The highest BCUT2D eigenvalue weighted by molar-refractivity contribution is 5.77. The van der Waals surface area contributed by atoms with Crippen molar-refractivity contribution in [1.82, 2.24) is 15.2 Å². The fourth-order valence-electron chi connectivity index (χ4n) is 3.74. The van der Waals surface area contributed by atoms with Crippen molar-refractivity contribution in [3.8, 4) is 0 Å². The molecule has 0 aromatic carbocycles. The van der Waals surface area contributed by atoms with Crippen LogP contribution in [0.4, 0.5) is 0 Å². The molecular weight excluding hydrogens is 254 g/mol. The molecule has 1 unspecified atom stereocenters. The number of aromatic amines is 1. The summed E-state index contributed by atoms with van der Waals surface area (Å²) < 4.78 is 4.98. The van der Waals surface area contributed by atoms with Crippen LogP contribution in [-0.2, 0) is 9.53 Å². The number of carbonyl (C=O) groups is 1. The predicted octanol–water partition coefficient (Wildman–Crippen LogP) is 2.91. The van der Waals surface area contributed by atoms with Crippen LogP contribution in [0.5, 0.6) is 0 Å². The van der Waals surface area contributed by atoms with Gasteiger partial charge in [-0.05, 0) is 31.6 Å². The minimum atomic E-state index is -0.283. The van der Waals surface area contributed by atoms with Crippen LogP contribution in [0, 0.1) is 5.92 Å². The summed E-state index contributed by atoms with van der Waals surface area (Å²) in [4.78, 5) is 16.8. The van der Waals surface area contributed by atoms with Gasteiger partial charge >= 0.3 is 5.97 Å². The Bertz CT molecular complexity index is 459. The number of nitrogens with one attached hydrogen (secondary N) is 1. The third-order valence-electron chi connectivity index (χ3n) is 4.87. The average molecular weight is 277 g/mol. The number of H-pyrrole nitrogens is 1. The monoisotopic (exact) mass is 277 g/mol. The van der Waals surface area contributed by atoms with Gasteiger partial charge in [0.2, 0.25) is 0 Å². The van der Waals surface area contributed by atoms with Gasteiger partial charge in [0.25, 0.3) is 0 Å². The summed E-state index contributed by atoms with van der Waals surface area (Å²) >= 11 is 0. The molecule has 1 N–H and O–H groups in total. The molecule has 0 saturated heterocycles. The van der Waals surface area contributed by atoms with E-state index in [9.17, 15) is 4.79 Å². The van der Waals surface area contributed by atoms with E-state index in [1.807, 2.05) is 0 Å². The van der Waals surface area contributed by atoms with Crippen LogP contribution in [0.3, 0.4) is 0 Å². The fraction of sp³-hybridized carbons (Fsp3) is 0.800. The Morgan fingerprint density at radius 2 is 1.85 bits per heavy atom. The first-order chi connectivity index (χ1) is 9.79. The fourth-order valence-corrected chi connectivity index (χ4v) is 3.74. The number of methoxy groups -OCH3 is 1. The molecule has 1 heterocycles. The zero-order valence-electron chi connectivity index (χ0n) is 12.1. The molecule has 0 aliphatic heterocycles. The normalized spacial score (nSPS) is 22.2. The van der Waals surface area contributed by atoms with Crippen LogP contribution in [0.2, 0.25) is 0 Å². The first-order valence-electron chi connectivity index (χ1n) is 7.79. The number of rotatable bonds is 4. The minimum Gasteiger partial charge on any atom is -0.468 e. The van der Waals surface area contributed by atoms with Crippen LogP contribution in [0.1, 0.15) is 74.9 Å². The molecule has 0 radical (unpaired) electrons. The molecule has 0 amide bonds. The van der Waals surface area contributed by atoms with Gasteiger partial charge in [-0.25, -0.2) is 4.98 Å². The number of aromatic nitrogens is 3. The average Bonchev–Trinajstić information content (AvgIpc) is 3.20. The highest BCUT2D eigenvalue weighted by atomic mass is 16.5. The predicted molar refractivity (Wildman–Crippen MR) is 74.3 cm³/mol. The first-order valence-corrected chi connectivity index (χ1v) is 7.79. The topological polar surface area (TPSA) is 67.9 Å². The number of esters is 1. The van der Waals surface area contributed by atoms with E-state index in [2.05, 4.69) is 15.2 Å². The molecule has 2 saturated carbocycles. The highest BCUT2D eigenvalue weighted by Gasteiger charge is 2.36. The van der Waals surface area contributed by atoms with E-state index in [-0.39, 0.29) is 11.9 Å². The summed E-state index contributed by atoms with van der Waals surface area (Å²) in [7, 11) is 1.45. The van der Waals surface area contributed by atoms with Crippen molar-refractivity contribution in [2.24, 2.45) is 5.92 Å². The lowest BCUT2D eigenvalue weighted by Gasteiger charge is -2.17. The third kappa shape index (κ3) is 2.58. The van der Waals surface area contributed by atoms with Crippen LogP contribution >= 0.6 is 0 Å². The molecular formula is C15H23N3O2. The molecule has 2 fully saturated rings. The Hall–Kier alpha value is -1.39. The van der Waals surface area contributed by atoms with E-state index < -0.39 is 0 Å². The highest BCUT2D eigenvalue weighted by Crippen LogP contribution is 2.38. The molecule has 3 rings (SSSR count). The molecule has 2 aliphatic carbocycles. The van der Waals surface area contributed by atoms with E-state index in [1.54, 1.807) is 0 Å². The lowest BCUT2D eigenvalue weighted by Crippen LogP contribution is -2.22. The number of hydrogen-bond acceptors (Lipinski definition) is 4. The number of hydrogen-bond donors (Lipinski definition) is 1. The van der Waals surface area contributed by atoms with Gasteiger partial charge in [0.05, 0.1) is 7.11 Å². The summed E-state index contributed by atoms with van der Waals surface area (Å²) in [5.74, 6) is 1.98. The van der Waals surface area contributed by atoms with Crippen molar-refractivity contribution in [3.63, 3.8) is 0 Å². The molecule has 1 atom stereocenters. The van der Waals surface area contributed by atoms with E-state index in [1.165, 1.54) is 45.6 Å². The lowest BCUT2D eigenvalue weighted by atomic mass is 9.90. The van der Waals surface area contributed by atoms with Crippen molar-refractivity contribution in [2.45, 2.75) is 63.2 Å².